The highest BCUT2D eigenvalue weighted by Crippen LogP contribution is 2.26. The van der Waals surface area contributed by atoms with E-state index in [1.807, 2.05) is 0 Å². The Labute approximate surface area is 102 Å². The highest BCUT2D eigenvalue weighted by atomic mass is 16.5. The van der Waals surface area contributed by atoms with Gasteiger partial charge in [-0.25, -0.2) is 0 Å². The minimum absolute atomic E-state index is 0.317. The van der Waals surface area contributed by atoms with Gasteiger partial charge in [-0.3, -0.25) is 4.90 Å². The molecular formula is C12H22N4O. The van der Waals surface area contributed by atoms with Crippen molar-refractivity contribution in [1.29, 1.82) is 0 Å². The third-order valence-electron chi connectivity index (χ3n) is 3.68. The summed E-state index contributed by atoms with van der Waals surface area (Å²) in [6.45, 7) is 3.41. The van der Waals surface area contributed by atoms with Gasteiger partial charge in [0, 0.05) is 6.04 Å². The molecule has 1 aliphatic carbocycles. The van der Waals surface area contributed by atoms with Crippen molar-refractivity contribution in [3.63, 3.8) is 0 Å². The van der Waals surface area contributed by atoms with Crippen molar-refractivity contribution in [1.82, 2.24) is 15.0 Å². The van der Waals surface area contributed by atoms with Gasteiger partial charge >= 0.3 is 0 Å². The molecule has 1 fully saturated rings. The fourth-order valence-electron chi connectivity index (χ4n) is 2.47. The van der Waals surface area contributed by atoms with Gasteiger partial charge in [-0.15, -0.1) is 0 Å². The van der Waals surface area contributed by atoms with Crippen LogP contribution in [-0.4, -0.2) is 28.1 Å². The van der Waals surface area contributed by atoms with Crippen LogP contribution in [0.1, 0.15) is 44.3 Å². The molecule has 2 N–H and O–H groups in total. The van der Waals surface area contributed by atoms with Crippen LogP contribution < -0.4 is 5.73 Å². The van der Waals surface area contributed by atoms with Gasteiger partial charge in [0.15, 0.2) is 5.82 Å². The van der Waals surface area contributed by atoms with Crippen molar-refractivity contribution >= 4 is 0 Å². The fraction of sp³-hybridized carbons (Fsp3) is 0.833. The maximum absolute atomic E-state index is 5.44. The van der Waals surface area contributed by atoms with Crippen molar-refractivity contribution in [2.24, 2.45) is 11.7 Å². The number of rotatable bonds is 4. The van der Waals surface area contributed by atoms with Gasteiger partial charge in [-0.2, -0.15) is 4.98 Å². The Morgan fingerprint density at radius 3 is 2.65 bits per heavy atom. The summed E-state index contributed by atoms with van der Waals surface area (Å²) in [4.78, 5) is 6.56. The first kappa shape index (κ1) is 12.5. The first-order valence-corrected chi connectivity index (χ1v) is 6.40. The Morgan fingerprint density at radius 1 is 1.35 bits per heavy atom. The summed E-state index contributed by atoms with van der Waals surface area (Å²) in [5.74, 6) is 2.14. The van der Waals surface area contributed by atoms with E-state index in [0.717, 1.165) is 18.3 Å². The van der Waals surface area contributed by atoms with Crippen LogP contribution in [0.5, 0.6) is 0 Å². The summed E-state index contributed by atoms with van der Waals surface area (Å²) in [6, 6.07) is 0.658. The molecular weight excluding hydrogens is 216 g/mol. The molecule has 0 radical (unpaired) electrons. The number of hydrogen-bond acceptors (Lipinski definition) is 5. The van der Waals surface area contributed by atoms with Crippen molar-refractivity contribution in [3.8, 4) is 0 Å². The van der Waals surface area contributed by atoms with Crippen molar-refractivity contribution < 1.29 is 4.52 Å². The molecule has 96 valence electrons. The van der Waals surface area contributed by atoms with E-state index in [1.165, 1.54) is 25.7 Å². The van der Waals surface area contributed by atoms with Crippen molar-refractivity contribution in [3.05, 3.63) is 11.7 Å². The van der Waals surface area contributed by atoms with Crippen LogP contribution in [0.3, 0.4) is 0 Å². The molecule has 0 saturated heterocycles. The van der Waals surface area contributed by atoms with Gasteiger partial charge in [0.25, 0.3) is 0 Å². The SMILES string of the molecule is CC1CCC(N(C)Cc2noc(CN)n2)CC1. The molecule has 5 heteroatoms. The second kappa shape index (κ2) is 5.60. The second-order valence-corrected chi connectivity index (χ2v) is 5.14. The molecule has 1 aliphatic rings. The Balaban J connectivity index is 1.85. The zero-order chi connectivity index (χ0) is 12.3. The largest absolute Gasteiger partial charge is 0.338 e. The topological polar surface area (TPSA) is 68.2 Å². The van der Waals surface area contributed by atoms with E-state index < -0.39 is 0 Å². The molecule has 1 heterocycles. The van der Waals surface area contributed by atoms with Crippen LogP contribution in [0.4, 0.5) is 0 Å². The predicted octanol–water partition coefficient (Wildman–Crippen LogP) is 1.54. The van der Waals surface area contributed by atoms with E-state index in [9.17, 15) is 0 Å². The Bertz CT molecular complexity index is 344. The summed E-state index contributed by atoms with van der Waals surface area (Å²) in [5, 5.41) is 3.93. The first-order chi connectivity index (χ1) is 8.19. The molecule has 0 amide bonds. The van der Waals surface area contributed by atoms with E-state index in [4.69, 9.17) is 10.3 Å². The molecule has 17 heavy (non-hydrogen) atoms. The first-order valence-electron chi connectivity index (χ1n) is 6.40. The summed E-state index contributed by atoms with van der Waals surface area (Å²) in [5.41, 5.74) is 5.44. The maximum Gasteiger partial charge on any atom is 0.240 e. The molecule has 5 nitrogen and oxygen atoms in total. The molecule has 0 bridgehead atoms. The fourth-order valence-corrected chi connectivity index (χ4v) is 2.47. The molecule has 0 aromatic carbocycles. The summed E-state index contributed by atoms with van der Waals surface area (Å²) < 4.78 is 5.01. The maximum atomic E-state index is 5.44. The van der Waals surface area contributed by atoms with Gasteiger partial charge in [0.2, 0.25) is 5.89 Å². The van der Waals surface area contributed by atoms with Crippen LogP contribution in [0.15, 0.2) is 4.52 Å². The summed E-state index contributed by atoms with van der Waals surface area (Å²) in [6.07, 6.45) is 5.21. The monoisotopic (exact) mass is 238 g/mol. The van der Waals surface area contributed by atoms with Crippen molar-refractivity contribution in [2.45, 2.75) is 51.7 Å². The van der Waals surface area contributed by atoms with E-state index in [-0.39, 0.29) is 0 Å². The van der Waals surface area contributed by atoms with Crippen LogP contribution in [-0.2, 0) is 13.1 Å². The van der Waals surface area contributed by atoms with E-state index in [2.05, 4.69) is 29.0 Å². The third kappa shape index (κ3) is 3.26. The smallest absolute Gasteiger partial charge is 0.240 e. The highest BCUT2D eigenvalue weighted by molar-refractivity contribution is 4.87. The number of aromatic nitrogens is 2. The zero-order valence-corrected chi connectivity index (χ0v) is 10.7. The minimum atomic E-state index is 0.317. The van der Waals surface area contributed by atoms with Gasteiger partial charge in [0.05, 0.1) is 13.1 Å². The quantitative estimate of drug-likeness (QED) is 0.861. The number of hydrogen-bond donors (Lipinski definition) is 1. The molecule has 2 rings (SSSR count). The molecule has 0 unspecified atom stereocenters. The molecule has 0 aliphatic heterocycles. The van der Waals surface area contributed by atoms with Crippen molar-refractivity contribution in [2.75, 3.05) is 7.05 Å². The van der Waals surface area contributed by atoms with Gasteiger partial charge in [-0.1, -0.05) is 12.1 Å². The average Bonchev–Trinajstić information content (AvgIpc) is 2.77. The van der Waals surface area contributed by atoms with Crippen LogP contribution in [0.2, 0.25) is 0 Å². The van der Waals surface area contributed by atoms with E-state index >= 15 is 0 Å². The minimum Gasteiger partial charge on any atom is -0.338 e. The zero-order valence-electron chi connectivity index (χ0n) is 10.7. The number of nitrogens with two attached hydrogens (primary N) is 1. The normalized spacial score (nSPS) is 25.4. The lowest BCUT2D eigenvalue weighted by Crippen LogP contribution is -2.34. The Hall–Kier alpha value is -0.940. The number of nitrogens with zero attached hydrogens (tertiary/aromatic N) is 3. The second-order valence-electron chi connectivity index (χ2n) is 5.14. The summed E-state index contributed by atoms with van der Waals surface area (Å²) in [7, 11) is 2.14. The molecule has 1 saturated carbocycles. The van der Waals surface area contributed by atoms with Gasteiger partial charge < -0.3 is 10.3 Å². The Morgan fingerprint density at radius 2 is 2.06 bits per heavy atom. The van der Waals surface area contributed by atoms with Crippen LogP contribution in [0.25, 0.3) is 0 Å². The molecule has 1 aromatic rings. The lowest BCUT2D eigenvalue weighted by atomic mass is 9.87. The highest BCUT2D eigenvalue weighted by Gasteiger charge is 2.22. The third-order valence-corrected chi connectivity index (χ3v) is 3.68. The average molecular weight is 238 g/mol. The standard InChI is InChI=1S/C12H22N4O/c1-9-3-5-10(6-4-9)16(2)8-11-14-12(7-13)17-15-11/h9-10H,3-8,13H2,1-2H3. The molecule has 0 spiro atoms. The summed E-state index contributed by atoms with van der Waals surface area (Å²) >= 11 is 0. The van der Waals surface area contributed by atoms with E-state index in [0.29, 0.717) is 18.5 Å². The van der Waals surface area contributed by atoms with Gasteiger partial charge in [-0.05, 0) is 38.6 Å². The predicted molar refractivity (Wildman–Crippen MR) is 65.1 cm³/mol. The lowest BCUT2D eigenvalue weighted by molar-refractivity contribution is 0.159. The van der Waals surface area contributed by atoms with Crippen LogP contribution in [0, 0.1) is 5.92 Å². The van der Waals surface area contributed by atoms with Crippen LogP contribution >= 0.6 is 0 Å². The lowest BCUT2D eigenvalue weighted by Gasteiger charge is -2.32. The molecule has 1 aromatic heterocycles. The Kier molecular flexibility index (Phi) is 4.12. The molecule has 0 atom stereocenters. The van der Waals surface area contributed by atoms with Gasteiger partial charge in [0.1, 0.15) is 0 Å². The van der Waals surface area contributed by atoms with E-state index in [1.54, 1.807) is 0 Å².